The van der Waals surface area contributed by atoms with Crippen LogP contribution in [0, 0.1) is 5.92 Å². The predicted octanol–water partition coefficient (Wildman–Crippen LogP) is 0.742. The number of carboxylic acids is 1. The van der Waals surface area contributed by atoms with Gasteiger partial charge in [0.1, 0.15) is 25.2 Å². The third kappa shape index (κ3) is 3.11. The number of anilines is 1. The number of nitrogens with zero attached hydrogens (tertiary/aromatic N) is 2. The van der Waals surface area contributed by atoms with E-state index in [9.17, 15) is 14.4 Å². The molecule has 2 aliphatic heterocycles. The lowest BCUT2D eigenvalue weighted by Crippen LogP contribution is -2.45. The fraction of sp³-hybridized carbons (Fsp3) is 0.471. The number of rotatable bonds is 4. The molecule has 2 aliphatic rings. The molecule has 1 fully saturated rings. The second kappa shape index (κ2) is 6.62. The molecule has 134 valence electrons. The number of benzene rings is 1. The maximum absolute atomic E-state index is 12.7. The summed E-state index contributed by atoms with van der Waals surface area (Å²) in [5.74, 6) is -1.57. The number of fused-ring (bicyclic) bond motifs is 1. The van der Waals surface area contributed by atoms with Crippen LogP contribution in [0.3, 0.4) is 0 Å². The number of hydrogen-bond donors (Lipinski definition) is 1. The van der Waals surface area contributed by atoms with E-state index in [1.165, 1.54) is 18.9 Å². The molecule has 25 heavy (non-hydrogen) atoms. The Hall–Kier alpha value is -2.77. The summed E-state index contributed by atoms with van der Waals surface area (Å²) in [5, 5.41) is 9.04. The number of carbonyl (C=O) groups is 3. The smallest absolute Gasteiger partial charge is 0.326 e. The van der Waals surface area contributed by atoms with E-state index in [0.717, 1.165) is 4.90 Å². The van der Waals surface area contributed by atoms with Crippen LogP contribution in [0.2, 0.25) is 0 Å². The van der Waals surface area contributed by atoms with Gasteiger partial charge in [-0.2, -0.15) is 0 Å². The Morgan fingerprint density at radius 3 is 2.64 bits per heavy atom. The number of likely N-dealkylation sites (N-methyl/N-ethyl adjacent to an activating group) is 1. The topological polar surface area (TPSA) is 96.4 Å². The molecule has 0 aliphatic carbocycles. The van der Waals surface area contributed by atoms with Gasteiger partial charge in [-0.3, -0.25) is 9.59 Å². The van der Waals surface area contributed by atoms with Crippen LogP contribution in [0.5, 0.6) is 11.5 Å². The molecule has 2 heterocycles. The zero-order chi connectivity index (χ0) is 18.1. The molecule has 1 aromatic rings. The molecule has 8 nitrogen and oxygen atoms in total. The summed E-state index contributed by atoms with van der Waals surface area (Å²) < 4.78 is 11.0. The molecule has 1 aromatic carbocycles. The second-order valence-electron chi connectivity index (χ2n) is 6.12. The molecule has 2 atom stereocenters. The van der Waals surface area contributed by atoms with Crippen LogP contribution in [0.25, 0.3) is 0 Å². The quantitative estimate of drug-likeness (QED) is 0.807. The van der Waals surface area contributed by atoms with Gasteiger partial charge in [-0.25, -0.2) is 4.79 Å². The van der Waals surface area contributed by atoms with Crippen molar-refractivity contribution in [2.75, 3.05) is 31.7 Å². The summed E-state index contributed by atoms with van der Waals surface area (Å²) in [7, 11) is 1.40. The molecule has 0 saturated carbocycles. The number of ether oxygens (including phenoxy) is 2. The fourth-order valence-corrected chi connectivity index (χ4v) is 2.97. The minimum atomic E-state index is -1.11. The highest BCUT2D eigenvalue weighted by atomic mass is 16.6. The average Bonchev–Trinajstić information content (AvgIpc) is 3.00. The Morgan fingerprint density at radius 1 is 1.28 bits per heavy atom. The van der Waals surface area contributed by atoms with E-state index in [4.69, 9.17) is 14.6 Å². The van der Waals surface area contributed by atoms with Crippen molar-refractivity contribution in [3.05, 3.63) is 18.2 Å². The summed E-state index contributed by atoms with van der Waals surface area (Å²) >= 11 is 0. The summed E-state index contributed by atoms with van der Waals surface area (Å²) in [5.41, 5.74) is 0.637. The Bertz CT molecular complexity index is 719. The van der Waals surface area contributed by atoms with E-state index >= 15 is 0 Å². The van der Waals surface area contributed by atoms with Crippen molar-refractivity contribution in [1.29, 1.82) is 0 Å². The lowest BCUT2D eigenvalue weighted by molar-refractivity contribution is -0.151. The molecule has 0 radical (unpaired) electrons. The Kier molecular flexibility index (Phi) is 4.52. The van der Waals surface area contributed by atoms with Crippen molar-refractivity contribution in [1.82, 2.24) is 4.90 Å². The molecule has 3 rings (SSSR count). The van der Waals surface area contributed by atoms with E-state index in [-0.39, 0.29) is 5.91 Å². The Labute approximate surface area is 144 Å². The standard InChI is InChI=1S/C17H20N2O6/c1-10(17(22)23)18(2)15(20)12-5-6-19(16(12)21)11-3-4-13-14(9-11)25-8-7-24-13/h3-4,9-10,12H,5-8H2,1-2H3,(H,22,23). The summed E-state index contributed by atoms with van der Waals surface area (Å²) in [6.45, 7) is 2.74. The Balaban J connectivity index is 1.75. The van der Waals surface area contributed by atoms with Crippen molar-refractivity contribution in [3.8, 4) is 11.5 Å². The van der Waals surface area contributed by atoms with Crippen molar-refractivity contribution >= 4 is 23.5 Å². The maximum Gasteiger partial charge on any atom is 0.326 e. The SMILES string of the molecule is CC(C(=O)O)N(C)C(=O)C1CCN(c2ccc3c(c2)OCCO3)C1=O. The molecular weight excluding hydrogens is 328 g/mol. The summed E-state index contributed by atoms with van der Waals surface area (Å²) in [6.07, 6.45) is 0.350. The highest BCUT2D eigenvalue weighted by Crippen LogP contribution is 2.36. The van der Waals surface area contributed by atoms with Crippen molar-refractivity contribution in [2.24, 2.45) is 5.92 Å². The van der Waals surface area contributed by atoms with E-state index in [0.29, 0.717) is 43.4 Å². The van der Waals surface area contributed by atoms with Gasteiger partial charge in [0.25, 0.3) is 0 Å². The number of hydrogen-bond acceptors (Lipinski definition) is 5. The van der Waals surface area contributed by atoms with Gasteiger partial charge in [-0.05, 0) is 25.5 Å². The van der Waals surface area contributed by atoms with Crippen LogP contribution in [-0.2, 0) is 14.4 Å². The molecule has 0 spiro atoms. The van der Waals surface area contributed by atoms with Crippen LogP contribution in [0.1, 0.15) is 13.3 Å². The van der Waals surface area contributed by atoms with Gasteiger partial charge in [0.2, 0.25) is 11.8 Å². The molecule has 0 bridgehead atoms. The van der Waals surface area contributed by atoms with Gasteiger partial charge < -0.3 is 24.4 Å². The highest BCUT2D eigenvalue weighted by Gasteiger charge is 2.40. The summed E-state index contributed by atoms with van der Waals surface area (Å²) in [4.78, 5) is 38.8. The predicted molar refractivity (Wildman–Crippen MR) is 87.8 cm³/mol. The van der Waals surface area contributed by atoms with Gasteiger partial charge in [0.15, 0.2) is 11.5 Å². The van der Waals surface area contributed by atoms with Gasteiger partial charge >= 0.3 is 5.97 Å². The second-order valence-corrected chi connectivity index (χ2v) is 6.12. The Morgan fingerprint density at radius 2 is 1.96 bits per heavy atom. The normalized spacial score (nSPS) is 20.3. The monoisotopic (exact) mass is 348 g/mol. The zero-order valence-electron chi connectivity index (χ0n) is 14.1. The minimum Gasteiger partial charge on any atom is -0.486 e. The van der Waals surface area contributed by atoms with E-state index in [1.807, 2.05) is 0 Å². The molecular formula is C17H20N2O6. The third-order valence-corrected chi connectivity index (χ3v) is 4.63. The van der Waals surface area contributed by atoms with Crippen molar-refractivity contribution < 1.29 is 29.0 Å². The van der Waals surface area contributed by atoms with Crippen LogP contribution < -0.4 is 14.4 Å². The van der Waals surface area contributed by atoms with Crippen LogP contribution in [0.15, 0.2) is 18.2 Å². The number of amides is 2. The van der Waals surface area contributed by atoms with E-state index in [1.54, 1.807) is 18.2 Å². The van der Waals surface area contributed by atoms with E-state index in [2.05, 4.69) is 0 Å². The maximum atomic E-state index is 12.7. The number of carbonyl (C=O) groups excluding carboxylic acids is 2. The highest BCUT2D eigenvalue weighted by molar-refractivity contribution is 6.10. The van der Waals surface area contributed by atoms with Gasteiger partial charge in [0.05, 0.1) is 0 Å². The molecule has 0 aromatic heterocycles. The zero-order valence-corrected chi connectivity index (χ0v) is 14.1. The van der Waals surface area contributed by atoms with Gasteiger partial charge in [0, 0.05) is 25.3 Å². The van der Waals surface area contributed by atoms with Crippen LogP contribution in [0.4, 0.5) is 5.69 Å². The lowest BCUT2D eigenvalue weighted by Gasteiger charge is -2.25. The minimum absolute atomic E-state index is 0.328. The first kappa shape index (κ1) is 17.1. The first-order valence-corrected chi connectivity index (χ1v) is 8.10. The van der Waals surface area contributed by atoms with Gasteiger partial charge in [-0.1, -0.05) is 0 Å². The molecule has 1 N–H and O–H groups in total. The average molecular weight is 348 g/mol. The number of aliphatic carboxylic acids is 1. The fourth-order valence-electron chi connectivity index (χ4n) is 2.97. The first-order chi connectivity index (χ1) is 11.9. The van der Waals surface area contributed by atoms with E-state index < -0.39 is 23.8 Å². The van der Waals surface area contributed by atoms with Crippen LogP contribution >= 0.6 is 0 Å². The third-order valence-electron chi connectivity index (χ3n) is 4.63. The van der Waals surface area contributed by atoms with Crippen molar-refractivity contribution in [3.63, 3.8) is 0 Å². The van der Waals surface area contributed by atoms with Crippen LogP contribution in [-0.4, -0.2) is 60.6 Å². The van der Waals surface area contributed by atoms with Gasteiger partial charge in [-0.15, -0.1) is 0 Å². The molecule has 8 heteroatoms. The molecule has 1 saturated heterocycles. The molecule has 2 unspecified atom stereocenters. The lowest BCUT2D eigenvalue weighted by atomic mass is 10.1. The first-order valence-electron chi connectivity index (χ1n) is 8.10. The largest absolute Gasteiger partial charge is 0.486 e. The number of carboxylic acid groups (broad SMARTS) is 1. The van der Waals surface area contributed by atoms with Crippen molar-refractivity contribution in [2.45, 2.75) is 19.4 Å². The summed E-state index contributed by atoms with van der Waals surface area (Å²) in [6, 6.07) is 4.24. The molecule has 2 amide bonds.